The lowest BCUT2D eigenvalue weighted by Crippen LogP contribution is -2.14. The predicted molar refractivity (Wildman–Crippen MR) is 81.1 cm³/mol. The van der Waals surface area contributed by atoms with Crippen molar-refractivity contribution in [1.29, 1.82) is 0 Å². The van der Waals surface area contributed by atoms with Crippen molar-refractivity contribution in [2.45, 2.75) is 25.7 Å². The molecule has 2 heterocycles. The van der Waals surface area contributed by atoms with Crippen LogP contribution in [0.25, 0.3) is 0 Å². The molecule has 1 aliphatic rings. The van der Waals surface area contributed by atoms with Crippen LogP contribution in [0.1, 0.15) is 38.5 Å². The minimum absolute atomic E-state index is 0.349. The number of thiophene rings is 2. The quantitative estimate of drug-likeness (QED) is 0.864. The van der Waals surface area contributed by atoms with E-state index in [-0.39, 0.29) is 5.91 Å². The number of hydrogen-bond acceptors (Lipinski definition) is 4. The van der Waals surface area contributed by atoms with Gasteiger partial charge in [0.05, 0.1) is 5.56 Å². The average molecular weight is 290 g/mol. The molecule has 1 aliphatic carbocycles. The van der Waals surface area contributed by atoms with Crippen LogP contribution in [-0.2, 0) is 12.8 Å². The maximum atomic E-state index is 11.7. The first kappa shape index (κ1) is 12.6. The highest BCUT2D eigenvalue weighted by molar-refractivity contribution is 7.16. The first-order valence-corrected chi connectivity index (χ1v) is 7.97. The van der Waals surface area contributed by atoms with Crippen LogP contribution in [0.2, 0.25) is 0 Å². The molecule has 0 atom stereocenters. The molecule has 0 spiro atoms. The van der Waals surface area contributed by atoms with Crippen molar-refractivity contribution < 1.29 is 4.79 Å². The number of hydrogen-bond donors (Lipinski definition) is 1. The third-order valence-electron chi connectivity index (χ3n) is 3.25. The first-order chi connectivity index (χ1) is 9.25. The van der Waals surface area contributed by atoms with Gasteiger partial charge in [-0.25, -0.2) is 4.99 Å². The summed E-state index contributed by atoms with van der Waals surface area (Å²) < 4.78 is 0. The molecular weight excluding hydrogens is 276 g/mol. The maximum absolute atomic E-state index is 11.7. The van der Waals surface area contributed by atoms with Gasteiger partial charge in [-0.1, -0.05) is 6.07 Å². The van der Waals surface area contributed by atoms with Crippen molar-refractivity contribution in [3.8, 4) is 0 Å². The van der Waals surface area contributed by atoms with E-state index in [1.165, 1.54) is 11.3 Å². The van der Waals surface area contributed by atoms with Crippen LogP contribution in [0.3, 0.4) is 0 Å². The smallest absolute Gasteiger partial charge is 0.252 e. The molecule has 2 N–H and O–H groups in total. The lowest BCUT2D eigenvalue weighted by molar-refractivity contribution is 0.100. The van der Waals surface area contributed by atoms with Gasteiger partial charge in [-0.3, -0.25) is 4.79 Å². The summed E-state index contributed by atoms with van der Waals surface area (Å²) in [5, 5.41) is 2.78. The summed E-state index contributed by atoms with van der Waals surface area (Å²) in [6.45, 7) is 0. The molecule has 2 aromatic rings. The van der Waals surface area contributed by atoms with Crippen LogP contribution < -0.4 is 5.73 Å². The van der Waals surface area contributed by atoms with Gasteiger partial charge in [-0.05, 0) is 42.7 Å². The van der Waals surface area contributed by atoms with Gasteiger partial charge >= 0.3 is 0 Å². The number of rotatable bonds is 3. The topological polar surface area (TPSA) is 55.5 Å². The Morgan fingerprint density at radius 1 is 1.37 bits per heavy atom. The SMILES string of the molecule is NC(=O)c1c(N=Cc2cccs2)sc2c1CCCC2. The van der Waals surface area contributed by atoms with Crippen molar-refractivity contribution in [3.63, 3.8) is 0 Å². The number of carbonyl (C=O) groups is 1. The molecule has 0 unspecified atom stereocenters. The number of nitrogens with two attached hydrogens (primary N) is 1. The molecule has 3 nitrogen and oxygen atoms in total. The van der Waals surface area contributed by atoms with E-state index >= 15 is 0 Å². The monoisotopic (exact) mass is 290 g/mol. The van der Waals surface area contributed by atoms with E-state index in [0.717, 1.165) is 34.7 Å². The maximum Gasteiger partial charge on any atom is 0.252 e. The second-order valence-electron chi connectivity index (χ2n) is 4.53. The van der Waals surface area contributed by atoms with Gasteiger partial charge in [0, 0.05) is 16.0 Å². The molecule has 1 amide bonds. The van der Waals surface area contributed by atoms with E-state index in [4.69, 9.17) is 5.73 Å². The van der Waals surface area contributed by atoms with Crippen molar-refractivity contribution in [2.24, 2.45) is 10.7 Å². The van der Waals surface area contributed by atoms with Crippen molar-refractivity contribution in [2.75, 3.05) is 0 Å². The second kappa shape index (κ2) is 5.27. The zero-order valence-electron chi connectivity index (χ0n) is 10.4. The molecule has 2 aromatic heterocycles. The van der Waals surface area contributed by atoms with Crippen LogP contribution in [0.15, 0.2) is 22.5 Å². The fraction of sp³-hybridized carbons (Fsp3) is 0.286. The van der Waals surface area contributed by atoms with E-state index in [0.29, 0.717) is 5.56 Å². The molecular formula is C14H14N2OS2. The number of primary amides is 1. The Balaban J connectivity index is 2.01. The number of fused-ring (bicyclic) bond motifs is 1. The number of amides is 1. The predicted octanol–water partition coefficient (Wildman–Crippen LogP) is 3.54. The first-order valence-electron chi connectivity index (χ1n) is 6.27. The van der Waals surface area contributed by atoms with E-state index in [9.17, 15) is 4.79 Å². The number of aryl methyl sites for hydroxylation is 1. The summed E-state index contributed by atoms with van der Waals surface area (Å²) in [4.78, 5) is 18.5. The fourth-order valence-electron chi connectivity index (χ4n) is 2.38. The number of nitrogens with zero attached hydrogens (tertiary/aromatic N) is 1. The summed E-state index contributed by atoms with van der Waals surface area (Å²) >= 11 is 3.25. The summed E-state index contributed by atoms with van der Waals surface area (Å²) in [6, 6.07) is 3.99. The van der Waals surface area contributed by atoms with Crippen LogP contribution in [0.4, 0.5) is 5.00 Å². The highest BCUT2D eigenvalue weighted by atomic mass is 32.1. The zero-order valence-corrected chi connectivity index (χ0v) is 12.0. The summed E-state index contributed by atoms with van der Waals surface area (Å²) in [5.74, 6) is -0.349. The van der Waals surface area contributed by atoms with Crippen LogP contribution >= 0.6 is 22.7 Å². The molecule has 98 valence electrons. The Morgan fingerprint density at radius 2 is 2.21 bits per heavy atom. The molecule has 0 saturated heterocycles. The minimum Gasteiger partial charge on any atom is -0.365 e. The van der Waals surface area contributed by atoms with Gasteiger partial charge in [-0.2, -0.15) is 0 Å². The fourth-order valence-corrected chi connectivity index (χ4v) is 4.21. The van der Waals surface area contributed by atoms with Gasteiger partial charge in [0.1, 0.15) is 5.00 Å². The number of aliphatic imine (C=N–C) groups is 1. The minimum atomic E-state index is -0.349. The lowest BCUT2D eigenvalue weighted by atomic mass is 9.95. The molecule has 3 rings (SSSR count). The van der Waals surface area contributed by atoms with Crippen LogP contribution in [0, 0.1) is 0 Å². The van der Waals surface area contributed by atoms with E-state index in [1.54, 1.807) is 22.7 Å². The van der Waals surface area contributed by atoms with E-state index < -0.39 is 0 Å². The molecule has 19 heavy (non-hydrogen) atoms. The molecule has 0 saturated carbocycles. The van der Waals surface area contributed by atoms with E-state index in [2.05, 4.69) is 4.99 Å². The second-order valence-corrected chi connectivity index (χ2v) is 6.59. The molecule has 0 aromatic carbocycles. The third-order valence-corrected chi connectivity index (χ3v) is 5.26. The van der Waals surface area contributed by atoms with Gasteiger partial charge < -0.3 is 5.73 Å². The van der Waals surface area contributed by atoms with Crippen molar-refractivity contribution >= 4 is 39.8 Å². The van der Waals surface area contributed by atoms with Gasteiger partial charge in [0.2, 0.25) is 0 Å². The third kappa shape index (κ3) is 2.48. The molecule has 0 bridgehead atoms. The number of carbonyl (C=O) groups excluding carboxylic acids is 1. The molecule has 5 heteroatoms. The summed E-state index contributed by atoms with van der Waals surface area (Å²) in [5.41, 5.74) is 7.32. The Morgan fingerprint density at radius 3 is 2.95 bits per heavy atom. The Kier molecular flexibility index (Phi) is 3.48. The Bertz CT molecular complexity index is 626. The Labute approximate surface area is 119 Å². The zero-order chi connectivity index (χ0) is 13.2. The standard InChI is InChI=1S/C14H14N2OS2/c15-13(17)12-10-5-1-2-6-11(10)19-14(12)16-8-9-4-3-7-18-9/h3-4,7-8H,1-2,5-6H2,(H2,15,17). The van der Waals surface area contributed by atoms with Crippen molar-refractivity contribution in [1.82, 2.24) is 0 Å². The molecule has 0 radical (unpaired) electrons. The summed E-state index contributed by atoms with van der Waals surface area (Å²) in [6.07, 6.45) is 6.15. The molecule has 0 aliphatic heterocycles. The average Bonchev–Trinajstić information content (AvgIpc) is 3.03. The van der Waals surface area contributed by atoms with Gasteiger partial charge in [0.25, 0.3) is 5.91 Å². The van der Waals surface area contributed by atoms with Crippen LogP contribution in [-0.4, -0.2) is 12.1 Å². The molecule has 0 fully saturated rings. The highest BCUT2D eigenvalue weighted by Crippen LogP contribution is 2.39. The lowest BCUT2D eigenvalue weighted by Gasteiger charge is -2.10. The normalized spacial score (nSPS) is 14.7. The highest BCUT2D eigenvalue weighted by Gasteiger charge is 2.23. The van der Waals surface area contributed by atoms with Gasteiger partial charge in [-0.15, -0.1) is 22.7 Å². The largest absolute Gasteiger partial charge is 0.365 e. The van der Waals surface area contributed by atoms with Crippen molar-refractivity contribution in [3.05, 3.63) is 38.4 Å². The Hall–Kier alpha value is -1.46. The van der Waals surface area contributed by atoms with E-state index in [1.807, 2.05) is 23.7 Å². The van der Waals surface area contributed by atoms with Crippen LogP contribution in [0.5, 0.6) is 0 Å². The van der Waals surface area contributed by atoms with Gasteiger partial charge in [0.15, 0.2) is 0 Å². The summed E-state index contributed by atoms with van der Waals surface area (Å²) in [7, 11) is 0.